The zero-order valence-corrected chi connectivity index (χ0v) is 8.84. The first kappa shape index (κ1) is 11.9. The number of hydrogen-bond donors (Lipinski definition) is 1. The lowest BCUT2D eigenvalue weighted by Crippen LogP contribution is -2.35. The second-order valence-electron chi connectivity index (χ2n) is 3.44. The lowest BCUT2D eigenvalue weighted by molar-refractivity contribution is 0.203. The van der Waals surface area contributed by atoms with Gasteiger partial charge in [-0.3, -0.25) is 0 Å². The van der Waals surface area contributed by atoms with Crippen LogP contribution in [0.15, 0.2) is 0 Å². The van der Waals surface area contributed by atoms with Crippen molar-refractivity contribution in [2.24, 2.45) is 5.73 Å². The minimum atomic E-state index is 0.719. The fraction of sp³-hybridized carbons (Fsp3) is 1.00. The molecule has 12 heavy (non-hydrogen) atoms. The third-order valence-electron chi connectivity index (χ3n) is 2.37. The third-order valence-corrected chi connectivity index (χ3v) is 2.37. The van der Waals surface area contributed by atoms with Crippen LogP contribution in [0.1, 0.15) is 40.0 Å². The van der Waals surface area contributed by atoms with Gasteiger partial charge < -0.3 is 10.6 Å². The van der Waals surface area contributed by atoms with E-state index in [0.29, 0.717) is 0 Å². The Hall–Kier alpha value is -0.0800. The molecule has 2 N–H and O–H groups in total. The standard InChI is InChI=1S/C10H24N2/c1-4-8-12(9-6-7-11)10(3)5-2/h10H,4-9,11H2,1-3H3. The smallest absolute Gasteiger partial charge is 0.00643 e. The Kier molecular flexibility index (Phi) is 7.51. The van der Waals surface area contributed by atoms with E-state index in [0.717, 1.165) is 19.0 Å². The van der Waals surface area contributed by atoms with Crippen LogP contribution in [0, 0.1) is 0 Å². The zero-order chi connectivity index (χ0) is 9.40. The van der Waals surface area contributed by atoms with Crippen LogP contribution in [-0.2, 0) is 0 Å². The van der Waals surface area contributed by atoms with Crippen molar-refractivity contribution in [3.05, 3.63) is 0 Å². The summed E-state index contributed by atoms with van der Waals surface area (Å²) < 4.78 is 0. The fourth-order valence-electron chi connectivity index (χ4n) is 1.39. The second kappa shape index (κ2) is 7.56. The van der Waals surface area contributed by atoms with Crippen LogP contribution < -0.4 is 5.73 Å². The van der Waals surface area contributed by atoms with E-state index in [-0.39, 0.29) is 0 Å². The third kappa shape index (κ3) is 4.73. The summed E-state index contributed by atoms with van der Waals surface area (Å²) in [6, 6.07) is 0.719. The fourth-order valence-corrected chi connectivity index (χ4v) is 1.39. The van der Waals surface area contributed by atoms with Gasteiger partial charge in [-0.2, -0.15) is 0 Å². The van der Waals surface area contributed by atoms with Gasteiger partial charge in [0.05, 0.1) is 0 Å². The summed E-state index contributed by atoms with van der Waals surface area (Å²) in [6.45, 7) is 9.98. The zero-order valence-electron chi connectivity index (χ0n) is 8.84. The van der Waals surface area contributed by atoms with Crippen molar-refractivity contribution in [2.45, 2.75) is 46.1 Å². The molecule has 0 aromatic rings. The van der Waals surface area contributed by atoms with E-state index in [2.05, 4.69) is 25.7 Å². The Balaban J connectivity index is 3.68. The van der Waals surface area contributed by atoms with Crippen LogP contribution in [-0.4, -0.2) is 30.6 Å². The Bertz CT molecular complexity index is 93.8. The van der Waals surface area contributed by atoms with Crippen molar-refractivity contribution in [2.75, 3.05) is 19.6 Å². The largest absolute Gasteiger partial charge is 0.330 e. The quantitative estimate of drug-likeness (QED) is 0.635. The minimum absolute atomic E-state index is 0.719. The summed E-state index contributed by atoms with van der Waals surface area (Å²) in [5.41, 5.74) is 5.49. The molecule has 0 fully saturated rings. The van der Waals surface area contributed by atoms with Crippen LogP contribution in [0.3, 0.4) is 0 Å². The van der Waals surface area contributed by atoms with E-state index in [4.69, 9.17) is 5.73 Å². The Morgan fingerprint density at radius 3 is 2.33 bits per heavy atom. The molecule has 0 saturated heterocycles. The average Bonchev–Trinajstić information content (AvgIpc) is 2.11. The van der Waals surface area contributed by atoms with Gasteiger partial charge in [-0.25, -0.2) is 0 Å². The maximum Gasteiger partial charge on any atom is 0.00643 e. The van der Waals surface area contributed by atoms with Gasteiger partial charge in [0.25, 0.3) is 0 Å². The molecule has 0 spiro atoms. The molecule has 0 aliphatic rings. The number of nitrogens with zero attached hydrogens (tertiary/aromatic N) is 1. The molecule has 0 rings (SSSR count). The van der Waals surface area contributed by atoms with Crippen LogP contribution >= 0.6 is 0 Å². The number of nitrogens with two attached hydrogens (primary N) is 1. The van der Waals surface area contributed by atoms with Gasteiger partial charge in [-0.1, -0.05) is 13.8 Å². The minimum Gasteiger partial charge on any atom is -0.330 e. The second-order valence-corrected chi connectivity index (χ2v) is 3.44. The molecule has 74 valence electrons. The molecule has 1 atom stereocenters. The lowest BCUT2D eigenvalue weighted by atomic mass is 10.2. The van der Waals surface area contributed by atoms with Crippen molar-refractivity contribution in [1.82, 2.24) is 4.90 Å². The van der Waals surface area contributed by atoms with Crippen molar-refractivity contribution in [3.8, 4) is 0 Å². The van der Waals surface area contributed by atoms with Gasteiger partial charge in [0.2, 0.25) is 0 Å². The van der Waals surface area contributed by atoms with Gasteiger partial charge in [0.15, 0.2) is 0 Å². The molecule has 2 nitrogen and oxygen atoms in total. The predicted octanol–water partition coefficient (Wildman–Crippen LogP) is 1.85. The topological polar surface area (TPSA) is 29.3 Å². The van der Waals surface area contributed by atoms with Gasteiger partial charge in [-0.15, -0.1) is 0 Å². The molecule has 2 heteroatoms. The van der Waals surface area contributed by atoms with E-state index in [1.807, 2.05) is 0 Å². The first-order valence-electron chi connectivity index (χ1n) is 5.20. The monoisotopic (exact) mass is 172 g/mol. The Labute approximate surface area is 77.1 Å². The van der Waals surface area contributed by atoms with E-state index >= 15 is 0 Å². The van der Waals surface area contributed by atoms with Gasteiger partial charge in [0, 0.05) is 6.04 Å². The molecule has 0 amide bonds. The highest BCUT2D eigenvalue weighted by Gasteiger charge is 2.09. The van der Waals surface area contributed by atoms with Gasteiger partial charge >= 0.3 is 0 Å². The molecule has 1 unspecified atom stereocenters. The molecule has 0 aliphatic carbocycles. The molecule has 0 heterocycles. The van der Waals surface area contributed by atoms with Crippen LogP contribution in [0.5, 0.6) is 0 Å². The maximum atomic E-state index is 5.49. The van der Waals surface area contributed by atoms with Crippen LogP contribution in [0.25, 0.3) is 0 Å². The summed E-state index contributed by atoms with van der Waals surface area (Å²) in [5, 5.41) is 0. The van der Waals surface area contributed by atoms with Gasteiger partial charge in [-0.05, 0) is 45.8 Å². The highest BCUT2D eigenvalue weighted by atomic mass is 15.1. The number of hydrogen-bond acceptors (Lipinski definition) is 2. The highest BCUT2D eigenvalue weighted by molar-refractivity contribution is 4.65. The van der Waals surface area contributed by atoms with E-state index in [9.17, 15) is 0 Å². The van der Waals surface area contributed by atoms with Crippen molar-refractivity contribution < 1.29 is 0 Å². The normalized spacial score (nSPS) is 13.8. The van der Waals surface area contributed by atoms with E-state index in [1.165, 1.54) is 25.9 Å². The first-order chi connectivity index (χ1) is 5.76. The molecule has 0 radical (unpaired) electrons. The first-order valence-corrected chi connectivity index (χ1v) is 5.20. The molecule has 0 saturated carbocycles. The summed E-state index contributed by atoms with van der Waals surface area (Å²) in [7, 11) is 0. The SMILES string of the molecule is CCCN(CCCN)C(C)CC. The van der Waals surface area contributed by atoms with Crippen LogP contribution in [0.2, 0.25) is 0 Å². The molecule has 0 aromatic heterocycles. The lowest BCUT2D eigenvalue weighted by Gasteiger charge is -2.27. The average molecular weight is 172 g/mol. The van der Waals surface area contributed by atoms with Crippen molar-refractivity contribution in [3.63, 3.8) is 0 Å². The molecular weight excluding hydrogens is 148 g/mol. The van der Waals surface area contributed by atoms with Crippen LogP contribution in [0.4, 0.5) is 0 Å². The molecule has 0 bridgehead atoms. The van der Waals surface area contributed by atoms with Crippen molar-refractivity contribution >= 4 is 0 Å². The van der Waals surface area contributed by atoms with Gasteiger partial charge in [0.1, 0.15) is 0 Å². The summed E-state index contributed by atoms with van der Waals surface area (Å²) in [6.07, 6.45) is 3.61. The van der Waals surface area contributed by atoms with Crippen molar-refractivity contribution in [1.29, 1.82) is 0 Å². The summed E-state index contributed by atoms with van der Waals surface area (Å²) in [5.74, 6) is 0. The molecule has 0 aromatic carbocycles. The number of rotatable bonds is 7. The van der Waals surface area contributed by atoms with E-state index in [1.54, 1.807) is 0 Å². The summed E-state index contributed by atoms with van der Waals surface area (Å²) in [4.78, 5) is 2.53. The predicted molar refractivity (Wildman–Crippen MR) is 55.3 cm³/mol. The molecular formula is C10H24N2. The Morgan fingerprint density at radius 2 is 1.92 bits per heavy atom. The Morgan fingerprint density at radius 1 is 1.25 bits per heavy atom. The summed E-state index contributed by atoms with van der Waals surface area (Å²) >= 11 is 0. The van der Waals surface area contributed by atoms with E-state index < -0.39 is 0 Å². The molecule has 0 aliphatic heterocycles. The maximum absolute atomic E-state index is 5.49. The highest BCUT2D eigenvalue weighted by Crippen LogP contribution is 2.04.